The summed E-state index contributed by atoms with van der Waals surface area (Å²) in [6.07, 6.45) is 0. The summed E-state index contributed by atoms with van der Waals surface area (Å²) in [6.45, 7) is 0.983. The average molecular weight is 414 g/mol. The Morgan fingerprint density at radius 2 is 1.89 bits per heavy atom. The number of benzene rings is 2. The van der Waals surface area contributed by atoms with Gasteiger partial charge in [-0.25, -0.2) is 14.1 Å². The third kappa shape index (κ3) is 4.93. The van der Waals surface area contributed by atoms with Crippen molar-refractivity contribution in [2.45, 2.75) is 24.1 Å². The molecule has 2 aromatic heterocycles. The van der Waals surface area contributed by atoms with Crippen LogP contribution in [-0.2, 0) is 18.9 Å². The van der Waals surface area contributed by atoms with Crippen LogP contribution >= 0.6 is 23.1 Å². The standard InChI is InChI=1S/C19H16FN5OS2/c20-15-6-8-17(9-7-15)26-11-18-21-16(12-27-18)13-28-19-22-23-24-25(19)10-14-4-2-1-3-5-14/h1-9,12H,10-11,13H2. The van der Waals surface area contributed by atoms with E-state index in [9.17, 15) is 4.39 Å². The molecule has 0 unspecified atom stereocenters. The van der Waals surface area contributed by atoms with Crippen LogP contribution in [-0.4, -0.2) is 25.2 Å². The first-order valence-corrected chi connectivity index (χ1v) is 10.4. The van der Waals surface area contributed by atoms with Gasteiger partial charge in [0.05, 0.1) is 12.2 Å². The van der Waals surface area contributed by atoms with Gasteiger partial charge in [-0.15, -0.1) is 16.4 Å². The second kappa shape index (κ2) is 8.94. The minimum Gasteiger partial charge on any atom is -0.486 e. The molecule has 0 saturated carbocycles. The SMILES string of the molecule is Fc1ccc(OCc2nc(CSc3nnnn3Cc3ccccc3)cs2)cc1. The fourth-order valence-corrected chi connectivity index (χ4v) is 4.03. The first kappa shape index (κ1) is 18.6. The van der Waals surface area contributed by atoms with Gasteiger partial charge in [0, 0.05) is 11.1 Å². The van der Waals surface area contributed by atoms with Crippen molar-refractivity contribution in [2.24, 2.45) is 0 Å². The van der Waals surface area contributed by atoms with E-state index in [1.54, 1.807) is 28.6 Å². The Kier molecular flexibility index (Phi) is 5.93. The van der Waals surface area contributed by atoms with Gasteiger partial charge in [-0.3, -0.25) is 0 Å². The number of nitrogens with zero attached hydrogens (tertiary/aromatic N) is 5. The minimum absolute atomic E-state index is 0.282. The van der Waals surface area contributed by atoms with Crippen molar-refractivity contribution < 1.29 is 9.13 Å². The molecule has 0 fully saturated rings. The number of hydrogen-bond donors (Lipinski definition) is 0. The summed E-state index contributed by atoms with van der Waals surface area (Å²) >= 11 is 3.08. The summed E-state index contributed by atoms with van der Waals surface area (Å²) in [6, 6.07) is 16.0. The molecule has 0 radical (unpaired) electrons. The van der Waals surface area contributed by atoms with Crippen molar-refractivity contribution in [1.29, 1.82) is 0 Å². The Morgan fingerprint density at radius 3 is 2.71 bits per heavy atom. The highest BCUT2D eigenvalue weighted by molar-refractivity contribution is 7.98. The van der Waals surface area contributed by atoms with Gasteiger partial charge in [0.15, 0.2) is 0 Å². The van der Waals surface area contributed by atoms with Gasteiger partial charge < -0.3 is 4.74 Å². The molecule has 0 N–H and O–H groups in total. The van der Waals surface area contributed by atoms with Gasteiger partial charge >= 0.3 is 0 Å². The van der Waals surface area contributed by atoms with Crippen LogP contribution in [0, 0.1) is 5.82 Å². The summed E-state index contributed by atoms with van der Waals surface area (Å²) in [4.78, 5) is 4.58. The van der Waals surface area contributed by atoms with Crippen molar-refractivity contribution >= 4 is 23.1 Å². The number of thiazole rings is 1. The molecule has 28 heavy (non-hydrogen) atoms. The number of rotatable bonds is 8. The van der Waals surface area contributed by atoms with E-state index >= 15 is 0 Å². The van der Waals surface area contributed by atoms with Gasteiger partial charge in [0.25, 0.3) is 0 Å². The maximum atomic E-state index is 12.9. The molecule has 4 rings (SSSR count). The van der Waals surface area contributed by atoms with Gasteiger partial charge in [-0.1, -0.05) is 42.1 Å². The molecule has 142 valence electrons. The van der Waals surface area contributed by atoms with E-state index in [4.69, 9.17) is 4.74 Å². The third-order valence-electron chi connectivity index (χ3n) is 3.80. The molecule has 2 heterocycles. The van der Waals surface area contributed by atoms with Crippen LogP contribution in [0.2, 0.25) is 0 Å². The number of tetrazole rings is 1. The normalized spacial score (nSPS) is 10.9. The molecular weight excluding hydrogens is 397 g/mol. The second-order valence-electron chi connectivity index (χ2n) is 5.87. The Bertz CT molecular complexity index is 1020. The van der Waals surface area contributed by atoms with Gasteiger partial charge in [0.1, 0.15) is 23.2 Å². The molecule has 0 aliphatic rings. The summed E-state index contributed by atoms with van der Waals surface area (Å²) in [5, 5.41) is 15.6. The number of aromatic nitrogens is 5. The van der Waals surface area contributed by atoms with E-state index in [-0.39, 0.29) is 5.82 Å². The smallest absolute Gasteiger partial charge is 0.210 e. The van der Waals surface area contributed by atoms with Crippen LogP contribution < -0.4 is 4.74 Å². The highest BCUT2D eigenvalue weighted by atomic mass is 32.2. The van der Waals surface area contributed by atoms with Crippen molar-refractivity contribution in [2.75, 3.05) is 0 Å². The van der Waals surface area contributed by atoms with E-state index < -0.39 is 0 Å². The minimum atomic E-state index is -0.282. The van der Waals surface area contributed by atoms with E-state index in [0.717, 1.165) is 21.4 Å². The van der Waals surface area contributed by atoms with Crippen molar-refractivity contribution in [3.63, 3.8) is 0 Å². The molecule has 6 nitrogen and oxygen atoms in total. The first-order chi connectivity index (χ1) is 13.8. The second-order valence-corrected chi connectivity index (χ2v) is 7.75. The Labute approximate surface area is 169 Å². The lowest BCUT2D eigenvalue weighted by Crippen LogP contribution is -2.03. The Balaban J connectivity index is 1.31. The van der Waals surface area contributed by atoms with Gasteiger partial charge in [0.2, 0.25) is 5.16 Å². The first-order valence-electron chi connectivity index (χ1n) is 8.51. The lowest BCUT2D eigenvalue weighted by Gasteiger charge is -2.04. The van der Waals surface area contributed by atoms with Crippen molar-refractivity contribution in [1.82, 2.24) is 25.2 Å². The number of halogens is 1. The molecule has 0 aliphatic carbocycles. The van der Waals surface area contributed by atoms with Gasteiger partial charge in [-0.05, 0) is 40.3 Å². The Hall–Kier alpha value is -2.78. The molecule has 0 amide bonds. The number of thioether (sulfide) groups is 1. The highest BCUT2D eigenvalue weighted by Gasteiger charge is 2.10. The maximum Gasteiger partial charge on any atom is 0.210 e. The Morgan fingerprint density at radius 1 is 1.07 bits per heavy atom. The topological polar surface area (TPSA) is 65.7 Å². The zero-order chi connectivity index (χ0) is 19.2. The van der Waals surface area contributed by atoms with Crippen LogP contribution in [0.25, 0.3) is 0 Å². The summed E-state index contributed by atoms with van der Waals surface area (Å²) < 4.78 is 20.3. The summed E-state index contributed by atoms with van der Waals surface area (Å²) in [5.74, 6) is 1.01. The van der Waals surface area contributed by atoms with Gasteiger partial charge in [-0.2, -0.15) is 0 Å². The molecule has 0 bridgehead atoms. The van der Waals surface area contributed by atoms with Crippen LogP contribution in [0.4, 0.5) is 4.39 Å². The number of hydrogen-bond acceptors (Lipinski definition) is 7. The monoisotopic (exact) mass is 413 g/mol. The largest absolute Gasteiger partial charge is 0.486 e. The molecule has 9 heteroatoms. The fraction of sp³-hybridized carbons (Fsp3) is 0.158. The van der Waals surface area contributed by atoms with E-state index in [2.05, 4.69) is 20.5 Å². The van der Waals surface area contributed by atoms with Crippen LogP contribution in [0.3, 0.4) is 0 Å². The van der Waals surface area contributed by atoms with Crippen LogP contribution in [0.5, 0.6) is 5.75 Å². The molecule has 4 aromatic rings. The molecule has 0 spiro atoms. The maximum absolute atomic E-state index is 12.9. The van der Waals surface area contributed by atoms with Crippen LogP contribution in [0.15, 0.2) is 65.1 Å². The van der Waals surface area contributed by atoms with Crippen LogP contribution in [0.1, 0.15) is 16.3 Å². The zero-order valence-electron chi connectivity index (χ0n) is 14.7. The predicted octanol–water partition coefficient (Wildman–Crippen LogP) is 4.19. The molecule has 0 saturated heterocycles. The molecule has 2 aromatic carbocycles. The van der Waals surface area contributed by atoms with Crippen molar-refractivity contribution in [3.05, 3.63) is 82.1 Å². The van der Waals surface area contributed by atoms with E-state index in [1.165, 1.54) is 23.5 Å². The summed E-state index contributed by atoms with van der Waals surface area (Å²) in [7, 11) is 0. The molecule has 0 atom stereocenters. The van der Waals surface area contributed by atoms with E-state index in [0.29, 0.717) is 24.7 Å². The molecule has 0 aliphatic heterocycles. The quantitative estimate of drug-likeness (QED) is 0.404. The third-order valence-corrected chi connectivity index (χ3v) is 5.66. The fourth-order valence-electron chi connectivity index (χ4n) is 2.45. The van der Waals surface area contributed by atoms with Crippen molar-refractivity contribution in [3.8, 4) is 5.75 Å². The predicted molar refractivity (Wildman–Crippen MR) is 106 cm³/mol. The summed E-state index contributed by atoms with van der Waals surface area (Å²) in [5.41, 5.74) is 2.09. The zero-order valence-corrected chi connectivity index (χ0v) is 16.4. The lowest BCUT2D eigenvalue weighted by molar-refractivity contribution is 0.305. The van der Waals surface area contributed by atoms with E-state index in [1.807, 2.05) is 35.7 Å². The lowest BCUT2D eigenvalue weighted by atomic mass is 10.2. The highest BCUT2D eigenvalue weighted by Crippen LogP contribution is 2.23. The number of ether oxygens (including phenoxy) is 1. The molecular formula is C19H16FN5OS2. The average Bonchev–Trinajstić information content (AvgIpc) is 3.36.